The molecule has 3 nitrogen and oxygen atoms in total. The SMILES string of the molecule is Cc1ccc(C(=O)NCCOCCBr)cc1Cl. The van der Waals surface area contributed by atoms with Gasteiger partial charge in [-0.2, -0.15) is 0 Å². The predicted molar refractivity (Wildman–Crippen MR) is 73.1 cm³/mol. The quantitative estimate of drug-likeness (QED) is 0.646. The van der Waals surface area contributed by atoms with Gasteiger partial charge in [-0.3, -0.25) is 4.79 Å². The number of nitrogens with one attached hydrogen (secondary N) is 1. The van der Waals surface area contributed by atoms with E-state index in [4.69, 9.17) is 16.3 Å². The van der Waals surface area contributed by atoms with Gasteiger partial charge in [0.25, 0.3) is 5.91 Å². The fourth-order valence-electron chi connectivity index (χ4n) is 1.23. The van der Waals surface area contributed by atoms with Gasteiger partial charge in [-0.1, -0.05) is 33.6 Å². The van der Waals surface area contributed by atoms with Crippen LogP contribution in [-0.4, -0.2) is 31.0 Å². The van der Waals surface area contributed by atoms with Crippen molar-refractivity contribution < 1.29 is 9.53 Å². The molecular weight excluding hydrogens is 305 g/mol. The molecule has 0 heterocycles. The van der Waals surface area contributed by atoms with Crippen LogP contribution in [0, 0.1) is 6.92 Å². The zero-order chi connectivity index (χ0) is 12.7. The van der Waals surface area contributed by atoms with Crippen molar-refractivity contribution in [2.24, 2.45) is 0 Å². The van der Waals surface area contributed by atoms with Gasteiger partial charge in [0.1, 0.15) is 0 Å². The highest BCUT2D eigenvalue weighted by atomic mass is 79.9. The largest absolute Gasteiger partial charge is 0.379 e. The monoisotopic (exact) mass is 319 g/mol. The summed E-state index contributed by atoms with van der Waals surface area (Å²) in [5.41, 5.74) is 1.53. The number of hydrogen-bond acceptors (Lipinski definition) is 2. The molecule has 0 saturated carbocycles. The Balaban J connectivity index is 2.39. The lowest BCUT2D eigenvalue weighted by atomic mass is 10.1. The lowest BCUT2D eigenvalue weighted by Crippen LogP contribution is -2.27. The third-order valence-corrected chi connectivity index (χ3v) is 2.92. The van der Waals surface area contributed by atoms with E-state index < -0.39 is 0 Å². The van der Waals surface area contributed by atoms with Crippen LogP contribution in [0.3, 0.4) is 0 Å². The van der Waals surface area contributed by atoms with E-state index in [1.54, 1.807) is 12.1 Å². The van der Waals surface area contributed by atoms with Crippen LogP contribution in [0.5, 0.6) is 0 Å². The van der Waals surface area contributed by atoms with Crippen LogP contribution in [0.2, 0.25) is 5.02 Å². The Morgan fingerprint density at radius 1 is 1.47 bits per heavy atom. The van der Waals surface area contributed by atoms with E-state index in [0.717, 1.165) is 10.9 Å². The van der Waals surface area contributed by atoms with Gasteiger partial charge < -0.3 is 10.1 Å². The van der Waals surface area contributed by atoms with Gasteiger partial charge in [0.05, 0.1) is 13.2 Å². The molecule has 1 aromatic carbocycles. The molecule has 0 atom stereocenters. The molecule has 0 radical (unpaired) electrons. The number of rotatable bonds is 6. The number of carbonyl (C=O) groups is 1. The summed E-state index contributed by atoms with van der Waals surface area (Å²) >= 11 is 9.21. The van der Waals surface area contributed by atoms with E-state index in [-0.39, 0.29) is 5.91 Å². The van der Waals surface area contributed by atoms with Crippen molar-refractivity contribution >= 4 is 33.4 Å². The third kappa shape index (κ3) is 5.06. The number of aryl methyl sites for hydroxylation is 1. The fraction of sp³-hybridized carbons (Fsp3) is 0.417. The standard InChI is InChI=1S/C12H15BrClNO2/c1-9-2-3-10(8-11(9)14)12(16)15-5-7-17-6-4-13/h2-3,8H,4-7H2,1H3,(H,15,16). The molecule has 1 rings (SSSR count). The number of amides is 1. The first-order valence-electron chi connectivity index (χ1n) is 5.33. The third-order valence-electron chi connectivity index (χ3n) is 2.19. The van der Waals surface area contributed by atoms with E-state index in [2.05, 4.69) is 21.2 Å². The van der Waals surface area contributed by atoms with Gasteiger partial charge in [0, 0.05) is 22.5 Å². The number of alkyl halides is 1. The number of hydrogen-bond donors (Lipinski definition) is 1. The topological polar surface area (TPSA) is 38.3 Å². The van der Waals surface area contributed by atoms with Gasteiger partial charge in [-0.25, -0.2) is 0 Å². The van der Waals surface area contributed by atoms with Crippen LogP contribution in [0.1, 0.15) is 15.9 Å². The number of halogens is 2. The molecule has 0 aromatic heterocycles. The Morgan fingerprint density at radius 3 is 2.88 bits per heavy atom. The number of benzene rings is 1. The van der Waals surface area contributed by atoms with Crippen LogP contribution in [0.4, 0.5) is 0 Å². The zero-order valence-corrected chi connectivity index (χ0v) is 12.0. The van der Waals surface area contributed by atoms with Crippen molar-refractivity contribution in [2.45, 2.75) is 6.92 Å². The van der Waals surface area contributed by atoms with Crippen molar-refractivity contribution in [2.75, 3.05) is 25.1 Å². The maximum absolute atomic E-state index is 11.7. The second-order valence-electron chi connectivity index (χ2n) is 3.52. The van der Waals surface area contributed by atoms with Gasteiger partial charge in [-0.05, 0) is 24.6 Å². The highest BCUT2D eigenvalue weighted by Gasteiger charge is 2.06. The summed E-state index contributed by atoms with van der Waals surface area (Å²) in [6.45, 7) is 3.55. The molecule has 5 heteroatoms. The van der Waals surface area contributed by atoms with Crippen molar-refractivity contribution in [1.29, 1.82) is 0 Å². The molecule has 0 bridgehead atoms. The first-order valence-corrected chi connectivity index (χ1v) is 6.83. The Kier molecular flexibility index (Phi) is 6.55. The summed E-state index contributed by atoms with van der Waals surface area (Å²) in [4.78, 5) is 11.7. The summed E-state index contributed by atoms with van der Waals surface area (Å²) in [7, 11) is 0. The maximum atomic E-state index is 11.7. The van der Waals surface area contributed by atoms with Crippen molar-refractivity contribution in [3.63, 3.8) is 0 Å². The number of ether oxygens (including phenoxy) is 1. The molecular formula is C12H15BrClNO2. The molecule has 0 aliphatic rings. The lowest BCUT2D eigenvalue weighted by molar-refractivity contribution is 0.0924. The maximum Gasteiger partial charge on any atom is 0.251 e. The first kappa shape index (κ1) is 14.5. The van der Waals surface area contributed by atoms with Gasteiger partial charge >= 0.3 is 0 Å². The molecule has 0 fully saturated rings. The lowest BCUT2D eigenvalue weighted by Gasteiger charge is -2.06. The molecule has 0 aliphatic heterocycles. The zero-order valence-electron chi connectivity index (χ0n) is 9.63. The van der Waals surface area contributed by atoms with E-state index >= 15 is 0 Å². The van der Waals surface area contributed by atoms with Crippen molar-refractivity contribution in [3.8, 4) is 0 Å². The highest BCUT2D eigenvalue weighted by molar-refractivity contribution is 9.09. The molecule has 1 aromatic rings. The first-order chi connectivity index (χ1) is 8.15. The van der Waals surface area contributed by atoms with Gasteiger partial charge in [0.15, 0.2) is 0 Å². The van der Waals surface area contributed by atoms with Crippen LogP contribution >= 0.6 is 27.5 Å². The fourth-order valence-corrected chi connectivity index (χ4v) is 1.64. The Labute approximate surface area is 115 Å². The summed E-state index contributed by atoms with van der Waals surface area (Å²) in [5.74, 6) is -0.130. The van der Waals surface area contributed by atoms with E-state index in [9.17, 15) is 4.79 Å². The Morgan fingerprint density at radius 2 is 2.24 bits per heavy atom. The average molecular weight is 321 g/mol. The van der Waals surface area contributed by atoms with E-state index in [0.29, 0.717) is 30.3 Å². The molecule has 1 amide bonds. The second-order valence-corrected chi connectivity index (χ2v) is 4.72. The molecule has 0 aliphatic carbocycles. The van der Waals surface area contributed by atoms with Crippen LogP contribution in [0.15, 0.2) is 18.2 Å². The van der Waals surface area contributed by atoms with Gasteiger partial charge in [-0.15, -0.1) is 0 Å². The average Bonchev–Trinajstić information content (AvgIpc) is 2.32. The number of carbonyl (C=O) groups excluding carboxylic acids is 1. The normalized spacial score (nSPS) is 10.3. The van der Waals surface area contributed by atoms with Crippen LogP contribution < -0.4 is 5.32 Å². The molecule has 0 spiro atoms. The summed E-state index contributed by atoms with van der Waals surface area (Å²) in [6, 6.07) is 5.26. The minimum atomic E-state index is -0.130. The Bertz CT molecular complexity index is 385. The molecule has 1 N–H and O–H groups in total. The highest BCUT2D eigenvalue weighted by Crippen LogP contribution is 2.16. The molecule has 0 unspecified atom stereocenters. The van der Waals surface area contributed by atoms with E-state index in [1.807, 2.05) is 13.0 Å². The Hall–Kier alpha value is -0.580. The van der Waals surface area contributed by atoms with Crippen LogP contribution in [0.25, 0.3) is 0 Å². The molecule has 0 saturated heterocycles. The smallest absolute Gasteiger partial charge is 0.251 e. The van der Waals surface area contributed by atoms with Crippen LogP contribution in [-0.2, 0) is 4.74 Å². The van der Waals surface area contributed by atoms with E-state index in [1.165, 1.54) is 0 Å². The van der Waals surface area contributed by atoms with Gasteiger partial charge in [0.2, 0.25) is 0 Å². The summed E-state index contributed by atoms with van der Waals surface area (Å²) in [6.07, 6.45) is 0. The van der Waals surface area contributed by atoms with Crippen molar-refractivity contribution in [3.05, 3.63) is 34.3 Å². The summed E-state index contributed by atoms with van der Waals surface area (Å²) < 4.78 is 5.22. The predicted octanol–water partition coefficient (Wildman–Crippen LogP) is 2.79. The summed E-state index contributed by atoms with van der Waals surface area (Å²) in [5, 5.41) is 4.17. The second kappa shape index (κ2) is 7.69. The minimum Gasteiger partial charge on any atom is -0.379 e. The van der Waals surface area contributed by atoms with Crippen molar-refractivity contribution in [1.82, 2.24) is 5.32 Å². The molecule has 94 valence electrons. The molecule has 17 heavy (non-hydrogen) atoms. The minimum absolute atomic E-state index is 0.130.